The Morgan fingerprint density at radius 3 is 1.20 bits per heavy atom. The number of ether oxygens (including phenoxy) is 1. The summed E-state index contributed by atoms with van der Waals surface area (Å²) in [5, 5.41) is 0. The summed E-state index contributed by atoms with van der Waals surface area (Å²) in [6.45, 7) is 6.95. The molecule has 0 spiro atoms. The molecule has 0 radical (unpaired) electrons. The van der Waals surface area contributed by atoms with Gasteiger partial charge in [0, 0.05) is 9.47 Å². The molecule has 0 rings (SSSR count). The lowest BCUT2D eigenvalue weighted by atomic mass is 9.97. The van der Waals surface area contributed by atoms with Crippen LogP contribution < -0.4 is 0 Å². The van der Waals surface area contributed by atoms with Crippen molar-refractivity contribution in [3.63, 3.8) is 0 Å². The molecule has 0 aliphatic carbocycles. The maximum atomic E-state index is 12.6. The van der Waals surface area contributed by atoms with E-state index >= 15 is 0 Å². The number of carbonyl (C=O) groups excluding carboxylic acids is 1. The number of carbonyl (C=O) groups is 1. The van der Waals surface area contributed by atoms with Crippen molar-refractivity contribution in [2.24, 2.45) is 0 Å². The van der Waals surface area contributed by atoms with Crippen LogP contribution in [0.4, 0.5) is 0 Å². The van der Waals surface area contributed by atoms with Crippen LogP contribution in [0.2, 0.25) is 0 Å². The molecule has 0 N–H and O–H groups in total. The molecule has 0 fully saturated rings. The maximum Gasteiger partial charge on any atom is 0.338 e. The fraction of sp³-hybridized carbons (Fsp3) is 0.968. The van der Waals surface area contributed by atoms with Crippen molar-refractivity contribution < 1.29 is 14.1 Å². The Bertz CT molecular complexity index is 443. The van der Waals surface area contributed by atoms with Gasteiger partial charge < -0.3 is 9.26 Å². The molecule has 0 aliphatic rings. The lowest BCUT2D eigenvalue weighted by Gasteiger charge is -2.25. The first-order valence-corrected chi connectivity index (χ1v) is 16.1. The number of esters is 1. The predicted molar refractivity (Wildman–Crippen MR) is 157 cm³/mol. The largest absolute Gasteiger partial charge is 0.464 e. The Kier molecular flexibility index (Phi) is 26.8. The van der Waals surface area contributed by atoms with Crippen LogP contribution in [-0.4, -0.2) is 18.2 Å². The second kappa shape index (κ2) is 26.9. The molecule has 0 amide bonds. The average molecular weight is 515 g/mol. The summed E-state index contributed by atoms with van der Waals surface area (Å²) in [6.07, 6.45) is 32.4. The van der Waals surface area contributed by atoms with E-state index in [2.05, 4.69) is 23.3 Å². The molecular weight excluding hydrogens is 451 g/mol. The van der Waals surface area contributed by atoms with Gasteiger partial charge in [0.2, 0.25) is 0 Å². The van der Waals surface area contributed by atoms with Crippen LogP contribution in [0.25, 0.3) is 0 Å². The van der Waals surface area contributed by atoms with Crippen molar-refractivity contribution in [2.45, 2.75) is 187 Å². The first-order valence-electron chi connectivity index (χ1n) is 15.7. The standard InChI is InChI=1S/C31H63O3P/c1-4-6-8-10-12-14-16-17-18-19-21-23-25-27-29-33-30(32)31(3,34-35)28-26-24-22-20-15-13-11-9-7-5-2/h4-29,35H2,1-3H3. The molecule has 0 aromatic heterocycles. The quantitative estimate of drug-likeness (QED) is 0.0591. The molecule has 210 valence electrons. The summed E-state index contributed by atoms with van der Waals surface area (Å²) in [6, 6.07) is 0. The Morgan fingerprint density at radius 2 is 0.857 bits per heavy atom. The normalized spacial score (nSPS) is 13.1. The van der Waals surface area contributed by atoms with Gasteiger partial charge in [0.1, 0.15) is 0 Å². The van der Waals surface area contributed by atoms with E-state index in [1.165, 1.54) is 135 Å². The highest BCUT2D eigenvalue weighted by Crippen LogP contribution is 2.25. The number of hydrogen-bond acceptors (Lipinski definition) is 3. The molecule has 0 aromatic carbocycles. The van der Waals surface area contributed by atoms with Gasteiger partial charge in [-0.2, -0.15) is 0 Å². The molecule has 0 aromatic rings. The summed E-state index contributed by atoms with van der Waals surface area (Å²) >= 11 is 0. The molecule has 0 aliphatic heterocycles. The second-order valence-corrected chi connectivity index (χ2v) is 11.2. The zero-order valence-corrected chi connectivity index (χ0v) is 25.3. The maximum absolute atomic E-state index is 12.6. The van der Waals surface area contributed by atoms with Gasteiger partial charge in [0.05, 0.1) is 6.61 Å². The van der Waals surface area contributed by atoms with Gasteiger partial charge in [-0.25, -0.2) is 4.79 Å². The lowest BCUT2D eigenvalue weighted by Crippen LogP contribution is -2.37. The van der Waals surface area contributed by atoms with E-state index in [4.69, 9.17) is 9.26 Å². The molecule has 2 unspecified atom stereocenters. The third-order valence-electron chi connectivity index (χ3n) is 7.43. The number of hydrogen-bond donors (Lipinski definition) is 0. The Morgan fingerprint density at radius 1 is 0.543 bits per heavy atom. The van der Waals surface area contributed by atoms with E-state index < -0.39 is 5.60 Å². The highest BCUT2D eigenvalue weighted by atomic mass is 31.0. The van der Waals surface area contributed by atoms with Gasteiger partial charge in [0.15, 0.2) is 5.60 Å². The lowest BCUT2D eigenvalue weighted by molar-refractivity contribution is -0.160. The van der Waals surface area contributed by atoms with Crippen LogP contribution >= 0.6 is 9.47 Å². The van der Waals surface area contributed by atoms with Gasteiger partial charge in [-0.3, -0.25) is 0 Å². The van der Waals surface area contributed by atoms with Crippen LogP contribution in [0.1, 0.15) is 181 Å². The van der Waals surface area contributed by atoms with E-state index in [1.54, 1.807) is 0 Å². The van der Waals surface area contributed by atoms with Crippen LogP contribution in [0.3, 0.4) is 0 Å². The van der Waals surface area contributed by atoms with E-state index in [0.717, 1.165) is 25.7 Å². The van der Waals surface area contributed by atoms with E-state index in [1.807, 2.05) is 6.92 Å². The first-order chi connectivity index (χ1) is 17.1. The zero-order valence-electron chi connectivity index (χ0n) is 24.2. The second-order valence-electron chi connectivity index (χ2n) is 11.0. The molecule has 3 nitrogen and oxygen atoms in total. The van der Waals surface area contributed by atoms with Crippen molar-refractivity contribution in [1.82, 2.24) is 0 Å². The minimum atomic E-state index is -0.819. The minimum Gasteiger partial charge on any atom is -0.464 e. The van der Waals surface area contributed by atoms with E-state index in [9.17, 15) is 4.79 Å². The van der Waals surface area contributed by atoms with Gasteiger partial charge in [-0.05, 0) is 26.2 Å². The van der Waals surface area contributed by atoms with Crippen LogP contribution in [-0.2, 0) is 14.1 Å². The first kappa shape index (κ1) is 34.9. The Hall–Kier alpha value is -0.140. The summed E-state index contributed by atoms with van der Waals surface area (Å²) in [5.74, 6) is -0.196. The fourth-order valence-electron chi connectivity index (χ4n) is 4.77. The van der Waals surface area contributed by atoms with Gasteiger partial charge in [0.25, 0.3) is 0 Å². The van der Waals surface area contributed by atoms with E-state index in [-0.39, 0.29) is 5.97 Å². The van der Waals surface area contributed by atoms with Crippen molar-refractivity contribution in [3.05, 3.63) is 0 Å². The topological polar surface area (TPSA) is 35.5 Å². The summed E-state index contributed by atoms with van der Waals surface area (Å²) < 4.78 is 11.1. The van der Waals surface area contributed by atoms with Gasteiger partial charge >= 0.3 is 5.97 Å². The van der Waals surface area contributed by atoms with Crippen molar-refractivity contribution in [2.75, 3.05) is 6.61 Å². The van der Waals surface area contributed by atoms with Crippen molar-refractivity contribution in [3.8, 4) is 0 Å². The highest BCUT2D eigenvalue weighted by molar-refractivity contribution is 7.10. The number of rotatable bonds is 28. The Labute approximate surface area is 222 Å². The van der Waals surface area contributed by atoms with Crippen molar-refractivity contribution >= 4 is 15.4 Å². The molecule has 0 saturated heterocycles. The predicted octanol–water partition coefficient (Wildman–Crippen LogP) is 10.9. The average Bonchev–Trinajstić information content (AvgIpc) is 2.87. The third kappa shape index (κ3) is 22.8. The summed E-state index contributed by atoms with van der Waals surface area (Å²) in [4.78, 5) is 12.6. The SMILES string of the molecule is CCCCCCCCCCCCCCCCOC(=O)C(C)(CCCCCCCCCCCC)OP. The highest BCUT2D eigenvalue weighted by Gasteiger charge is 2.34. The molecule has 0 bridgehead atoms. The molecule has 2 atom stereocenters. The van der Waals surface area contributed by atoms with E-state index in [0.29, 0.717) is 6.61 Å². The van der Waals surface area contributed by atoms with Crippen molar-refractivity contribution in [1.29, 1.82) is 0 Å². The van der Waals surface area contributed by atoms with Crippen LogP contribution in [0.15, 0.2) is 0 Å². The smallest absolute Gasteiger partial charge is 0.338 e. The minimum absolute atomic E-state index is 0.196. The summed E-state index contributed by atoms with van der Waals surface area (Å²) in [7, 11) is 2.28. The fourth-order valence-corrected chi connectivity index (χ4v) is 4.99. The monoisotopic (exact) mass is 514 g/mol. The summed E-state index contributed by atoms with van der Waals surface area (Å²) in [5.41, 5.74) is -0.819. The van der Waals surface area contributed by atoms with Gasteiger partial charge in [-0.15, -0.1) is 0 Å². The Balaban J connectivity index is 3.56. The number of unbranched alkanes of at least 4 members (excludes halogenated alkanes) is 22. The van der Waals surface area contributed by atoms with Crippen LogP contribution in [0.5, 0.6) is 0 Å². The molecule has 4 heteroatoms. The molecule has 0 heterocycles. The van der Waals surface area contributed by atoms with Gasteiger partial charge in [-0.1, -0.05) is 155 Å². The molecule has 0 saturated carbocycles. The third-order valence-corrected chi connectivity index (χ3v) is 7.95. The molecule has 35 heavy (non-hydrogen) atoms. The van der Waals surface area contributed by atoms with Crippen LogP contribution in [0, 0.1) is 0 Å². The zero-order chi connectivity index (χ0) is 25.9. The molecular formula is C31H63O3P.